The topological polar surface area (TPSA) is 85.8 Å². The van der Waals surface area contributed by atoms with E-state index in [0.29, 0.717) is 18.8 Å². The average molecular weight is 318 g/mol. The lowest BCUT2D eigenvalue weighted by Gasteiger charge is -2.05. The van der Waals surface area contributed by atoms with Gasteiger partial charge < -0.3 is 11.1 Å². The van der Waals surface area contributed by atoms with Crippen LogP contribution in [-0.2, 0) is 0 Å². The Morgan fingerprint density at radius 2 is 2.15 bits per heavy atom. The lowest BCUT2D eigenvalue weighted by atomic mass is 10.3. The van der Waals surface area contributed by atoms with Crippen LogP contribution in [0.3, 0.4) is 0 Å². The SMILES string of the molecule is Cl.Cl.NCCCNC(=O)c1cc(-n2cccn2)ccn1. The molecule has 6 nitrogen and oxygen atoms in total. The van der Waals surface area contributed by atoms with Gasteiger partial charge in [0.25, 0.3) is 5.91 Å². The van der Waals surface area contributed by atoms with Gasteiger partial charge in [-0.05, 0) is 31.2 Å². The fourth-order valence-corrected chi connectivity index (χ4v) is 1.50. The summed E-state index contributed by atoms with van der Waals surface area (Å²) in [6.45, 7) is 1.12. The zero-order chi connectivity index (χ0) is 12.8. The van der Waals surface area contributed by atoms with Crippen molar-refractivity contribution >= 4 is 30.7 Å². The fourth-order valence-electron chi connectivity index (χ4n) is 1.50. The molecule has 0 spiro atoms. The van der Waals surface area contributed by atoms with Gasteiger partial charge in [0.15, 0.2) is 0 Å². The summed E-state index contributed by atoms with van der Waals surface area (Å²) in [6.07, 6.45) is 5.84. The van der Waals surface area contributed by atoms with Crippen LogP contribution in [0.4, 0.5) is 0 Å². The number of nitrogens with zero attached hydrogens (tertiary/aromatic N) is 3. The zero-order valence-electron chi connectivity index (χ0n) is 10.7. The van der Waals surface area contributed by atoms with Crippen molar-refractivity contribution in [2.75, 3.05) is 13.1 Å². The molecule has 20 heavy (non-hydrogen) atoms. The van der Waals surface area contributed by atoms with Crippen LogP contribution in [0.1, 0.15) is 16.9 Å². The van der Waals surface area contributed by atoms with Gasteiger partial charge in [-0.25, -0.2) is 4.68 Å². The number of aromatic nitrogens is 3. The molecule has 0 unspecified atom stereocenters. The molecular formula is C12H17Cl2N5O. The summed E-state index contributed by atoms with van der Waals surface area (Å²) in [7, 11) is 0. The second kappa shape index (κ2) is 9.30. The van der Waals surface area contributed by atoms with Crippen LogP contribution in [-0.4, -0.2) is 33.8 Å². The van der Waals surface area contributed by atoms with E-state index in [2.05, 4.69) is 15.4 Å². The third kappa shape index (κ3) is 4.80. The summed E-state index contributed by atoms with van der Waals surface area (Å²) in [5.41, 5.74) is 6.54. The van der Waals surface area contributed by atoms with Crippen LogP contribution in [0.5, 0.6) is 0 Å². The number of carbonyl (C=O) groups excluding carboxylic acids is 1. The smallest absolute Gasteiger partial charge is 0.269 e. The van der Waals surface area contributed by atoms with E-state index in [9.17, 15) is 4.79 Å². The molecule has 0 bridgehead atoms. The second-order valence-corrected chi connectivity index (χ2v) is 3.75. The fraction of sp³-hybridized carbons (Fsp3) is 0.250. The van der Waals surface area contributed by atoms with Crippen LogP contribution in [0.25, 0.3) is 5.69 Å². The summed E-state index contributed by atoms with van der Waals surface area (Å²) in [4.78, 5) is 15.8. The second-order valence-electron chi connectivity index (χ2n) is 3.75. The van der Waals surface area contributed by atoms with Gasteiger partial charge in [-0.1, -0.05) is 0 Å². The summed E-state index contributed by atoms with van der Waals surface area (Å²) >= 11 is 0. The molecule has 110 valence electrons. The highest BCUT2D eigenvalue weighted by molar-refractivity contribution is 5.92. The summed E-state index contributed by atoms with van der Waals surface area (Å²) < 4.78 is 1.68. The molecule has 0 radical (unpaired) electrons. The number of nitrogens with one attached hydrogen (secondary N) is 1. The van der Waals surface area contributed by atoms with E-state index >= 15 is 0 Å². The van der Waals surface area contributed by atoms with Crippen molar-refractivity contribution in [3.8, 4) is 5.69 Å². The molecule has 0 saturated heterocycles. The summed E-state index contributed by atoms with van der Waals surface area (Å²) in [5, 5.41) is 6.86. The lowest BCUT2D eigenvalue weighted by molar-refractivity contribution is 0.0948. The Bertz CT molecular complexity index is 518. The van der Waals surface area contributed by atoms with Crippen molar-refractivity contribution in [3.63, 3.8) is 0 Å². The Balaban J connectivity index is 0.00000180. The summed E-state index contributed by atoms with van der Waals surface area (Å²) in [5.74, 6) is -0.197. The molecule has 2 heterocycles. The maximum absolute atomic E-state index is 11.8. The van der Waals surface area contributed by atoms with Gasteiger partial charge in [-0.2, -0.15) is 5.10 Å². The Morgan fingerprint density at radius 1 is 1.35 bits per heavy atom. The Hall–Kier alpha value is -1.63. The van der Waals surface area contributed by atoms with Crippen LogP contribution in [0.15, 0.2) is 36.8 Å². The molecule has 2 aromatic heterocycles. The number of pyridine rings is 1. The third-order valence-electron chi connectivity index (χ3n) is 2.41. The van der Waals surface area contributed by atoms with Crippen LogP contribution in [0.2, 0.25) is 0 Å². The average Bonchev–Trinajstić information content (AvgIpc) is 2.93. The number of hydrogen-bond donors (Lipinski definition) is 2. The standard InChI is InChI=1S/C12H15N5O.2ClH/c13-4-1-5-15-12(18)11-9-10(3-7-14-11)17-8-2-6-16-17;;/h2-3,6-9H,1,4-5,13H2,(H,15,18);2*1H. The van der Waals surface area contributed by atoms with Crippen LogP contribution < -0.4 is 11.1 Å². The van der Waals surface area contributed by atoms with Crippen LogP contribution >= 0.6 is 24.8 Å². The highest BCUT2D eigenvalue weighted by Crippen LogP contribution is 2.06. The number of rotatable bonds is 5. The number of amides is 1. The molecular weight excluding hydrogens is 301 g/mol. The third-order valence-corrected chi connectivity index (χ3v) is 2.41. The van der Waals surface area contributed by atoms with E-state index in [0.717, 1.165) is 12.1 Å². The minimum Gasteiger partial charge on any atom is -0.351 e. The molecule has 1 amide bonds. The van der Waals surface area contributed by atoms with Gasteiger partial charge in [-0.3, -0.25) is 9.78 Å². The monoisotopic (exact) mass is 317 g/mol. The van der Waals surface area contributed by atoms with E-state index in [4.69, 9.17) is 5.73 Å². The van der Waals surface area contributed by atoms with Gasteiger partial charge in [-0.15, -0.1) is 24.8 Å². The van der Waals surface area contributed by atoms with Gasteiger partial charge in [0, 0.05) is 25.1 Å². The Kier molecular flexibility index (Phi) is 8.54. The summed E-state index contributed by atoms with van der Waals surface area (Å²) in [6, 6.07) is 5.32. The molecule has 2 aromatic rings. The number of halogens is 2. The molecule has 0 aliphatic heterocycles. The molecule has 0 fully saturated rings. The Morgan fingerprint density at radius 3 is 2.80 bits per heavy atom. The van der Waals surface area contributed by atoms with Crippen molar-refractivity contribution < 1.29 is 4.79 Å². The van der Waals surface area contributed by atoms with Crippen molar-refractivity contribution in [2.24, 2.45) is 5.73 Å². The maximum atomic E-state index is 11.8. The first-order valence-electron chi connectivity index (χ1n) is 5.75. The number of carbonyl (C=O) groups is 1. The lowest BCUT2D eigenvalue weighted by Crippen LogP contribution is -2.26. The first kappa shape index (κ1) is 18.4. The molecule has 0 aromatic carbocycles. The Labute approximate surface area is 129 Å². The normalized spacial score (nSPS) is 9.25. The van der Waals surface area contributed by atoms with E-state index < -0.39 is 0 Å². The van der Waals surface area contributed by atoms with E-state index in [-0.39, 0.29) is 30.7 Å². The quantitative estimate of drug-likeness (QED) is 0.811. The molecule has 0 atom stereocenters. The van der Waals surface area contributed by atoms with Crippen LogP contribution in [0, 0.1) is 0 Å². The highest BCUT2D eigenvalue weighted by atomic mass is 35.5. The maximum Gasteiger partial charge on any atom is 0.269 e. The predicted molar refractivity (Wildman–Crippen MR) is 81.9 cm³/mol. The number of hydrogen-bond acceptors (Lipinski definition) is 4. The van der Waals surface area contributed by atoms with Crippen molar-refractivity contribution in [1.29, 1.82) is 0 Å². The van der Waals surface area contributed by atoms with E-state index in [1.54, 1.807) is 29.2 Å². The minimum absolute atomic E-state index is 0. The highest BCUT2D eigenvalue weighted by Gasteiger charge is 2.07. The predicted octanol–water partition coefficient (Wildman–Crippen LogP) is 1.19. The molecule has 8 heteroatoms. The zero-order valence-corrected chi connectivity index (χ0v) is 12.4. The minimum atomic E-state index is -0.197. The van der Waals surface area contributed by atoms with Crippen molar-refractivity contribution in [1.82, 2.24) is 20.1 Å². The molecule has 2 rings (SSSR count). The molecule has 0 saturated carbocycles. The molecule has 0 aliphatic carbocycles. The van der Waals surface area contributed by atoms with Gasteiger partial charge in [0.2, 0.25) is 0 Å². The number of nitrogens with two attached hydrogens (primary N) is 1. The van der Waals surface area contributed by atoms with Gasteiger partial charge in [0.05, 0.1) is 5.69 Å². The first-order valence-corrected chi connectivity index (χ1v) is 5.75. The first-order chi connectivity index (χ1) is 8.81. The largest absolute Gasteiger partial charge is 0.351 e. The van der Waals surface area contributed by atoms with Crippen molar-refractivity contribution in [3.05, 3.63) is 42.5 Å². The van der Waals surface area contributed by atoms with Gasteiger partial charge in [0.1, 0.15) is 5.69 Å². The van der Waals surface area contributed by atoms with Gasteiger partial charge >= 0.3 is 0 Å². The molecule has 3 N–H and O–H groups in total. The van der Waals surface area contributed by atoms with E-state index in [1.165, 1.54) is 0 Å². The van der Waals surface area contributed by atoms with Crippen molar-refractivity contribution in [2.45, 2.75) is 6.42 Å². The van der Waals surface area contributed by atoms with E-state index in [1.807, 2.05) is 12.3 Å². The molecule has 0 aliphatic rings.